The molecule has 30 heavy (non-hydrogen) atoms. The number of ether oxygens (including phenoxy) is 1. The molecule has 0 heterocycles. The van der Waals surface area contributed by atoms with Crippen molar-refractivity contribution in [3.8, 4) is 11.5 Å². The fourth-order valence-corrected chi connectivity index (χ4v) is 3.92. The first-order chi connectivity index (χ1) is 14.0. The second-order valence-corrected chi connectivity index (χ2v) is 8.99. The zero-order chi connectivity index (χ0) is 21.0. The number of hydrogen-bond donors (Lipinski definition) is 0. The molecule has 4 nitrogen and oxygen atoms in total. The van der Waals surface area contributed by atoms with Crippen molar-refractivity contribution in [2.75, 3.05) is 0 Å². The van der Waals surface area contributed by atoms with E-state index in [1.165, 1.54) is 81.5 Å². The van der Waals surface area contributed by atoms with E-state index in [0.29, 0.717) is 11.5 Å². The van der Waals surface area contributed by atoms with Gasteiger partial charge in [0.15, 0.2) is 0 Å². The Bertz CT molecular complexity index is 837. The Labute approximate surface area is 225 Å². The summed E-state index contributed by atoms with van der Waals surface area (Å²) in [6.45, 7) is 2.25. The molecule has 0 bridgehead atoms. The Morgan fingerprint density at radius 1 is 0.767 bits per heavy atom. The number of aryl methyl sites for hydroxylation is 1. The summed E-state index contributed by atoms with van der Waals surface area (Å²) in [4.78, 5) is -0.281. The van der Waals surface area contributed by atoms with E-state index < -0.39 is 10.1 Å². The topological polar surface area (TPSA) is 66.4 Å². The number of benzene rings is 2. The van der Waals surface area contributed by atoms with E-state index in [1.54, 1.807) is 6.07 Å². The van der Waals surface area contributed by atoms with E-state index in [4.69, 9.17) is 4.74 Å². The van der Waals surface area contributed by atoms with Crippen LogP contribution in [0.1, 0.15) is 76.7 Å². The first-order valence-electron chi connectivity index (χ1n) is 10.8. The number of unbranched alkanes of at least 4 members (excludes halogenated alkanes) is 9. The second kappa shape index (κ2) is 15.6. The van der Waals surface area contributed by atoms with Crippen LogP contribution in [0.25, 0.3) is 0 Å². The standard InChI is InChI=1S/C24H34O4S.K/c1-2-3-4-5-6-7-8-9-10-11-14-21-15-12-16-22(19-21)28-23-17-13-18-24(20-23)29(25,26)27;/h12-13,15-20H,2-11,14H2,1H3,(H,25,26,27);/q;+1/p-1. The zero-order valence-electron chi connectivity index (χ0n) is 18.4. The molecule has 0 atom stereocenters. The van der Waals surface area contributed by atoms with Crippen LogP contribution in [-0.4, -0.2) is 13.0 Å². The van der Waals surface area contributed by atoms with Gasteiger partial charge in [-0.1, -0.05) is 82.9 Å². The minimum Gasteiger partial charge on any atom is -0.744 e. The van der Waals surface area contributed by atoms with Crippen LogP contribution < -0.4 is 56.1 Å². The molecule has 2 aromatic rings. The van der Waals surface area contributed by atoms with Crippen molar-refractivity contribution in [3.63, 3.8) is 0 Å². The Kier molecular flexibility index (Phi) is 14.4. The van der Waals surface area contributed by atoms with E-state index in [9.17, 15) is 13.0 Å². The molecule has 0 spiro atoms. The van der Waals surface area contributed by atoms with Gasteiger partial charge in [-0.05, 0) is 48.7 Å². The van der Waals surface area contributed by atoms with Crippen molar-refractivity contribution in [1.82, 2.24) is 0 Å². The van der Waals surface area contributed by atoms with Crippen LogP contribution in [-0.2, 0) is 16.5 Å². The van der Waals surface area contributed by atoms with Crippen molar-refractivity contribution in [1.29, 1.82) is 0 Å². The van der Waals surface area contributed by atoms with Gasteiger partial charge in [0.2, 0.25) is 0 Å². The van der Waals surface area contributed by atoms with E-state index in [0.717, 1.165) is 12.8 Å². The fourth-order valence-electron chi connectivity index (χ4n) is 3.41. The quantitative estimate of drug-likeness (QED) is 0.246. The molecular weight excluding hydrogens is 423 g/mol. The molecule has 0 saturated carbocycles. The molecule has 0 aliphatic carbocycles. The van der Waals surface area contributed by atoms with E-state index in [1.807, 2.05) is 18.2 Å². The van der Waals surface area contributed by atoms with Crippen molar-refractivity contribution >= 4 is 10.1 Å². The molecular formula is C24H33KO4S. The summed E-state index contributed by atoms with van der Waals surface area (Å²) in [6.07, 6.45) is 14.2. The summed E-state index contributed by atoms with van der Waals surface area (Å²) < 4.78 is 39.2. The molecule has 2 rings (SSSR count). The van der Waals surface area contributed by atoms with E-state index in [2.05, 4.69) is 13.0 Å². The SMILES string of the molecule is CCCCCCCCCCCCc1cccc(Oc2cccc(S(=O)(=O)[O-])c2)c1.[K+]. The van der Waals surface area contributed by atoms with Gasteiger partial charge in [0.05, 0.1) is 4.90 Å². The molecule has 2 aromatic carbocycles. The monoisotopic (exact) mass is 456 g/mol. The smallest absolute Gasteiger partial charge is 0.744 e. The van der Waals surface area contributed by atoms with Gasteiger partial charge >= 0.3 is 51.4 Å². The molecule has 0 saturated heterocycles. The predicted octanol–water partition coefficient (Wildman–Crippen LogP) is 3.85. The largest absolute Gasteiger partial charge is 1.00 e. The van der Waals surface area contributed by atoms with Crippen LogP contribution >= 0.6 is 0 Å². The fraction of sp³-hybridized carbons (Fsp3) is 0.500. The van der Waals surface area contributed by atoms with Crippen molar-refractivity contribution < 1.29 is 69.1 Å². The zero-order valence-corrected chi connectivity index (χ0v) is 22.4. The molecule has 0 radical (unpaired) electrons. The maximum absolute atomic E-state index is 11.2. The summed E-state index contributed by atoms with van der Waals surface area (Å²) in [5.74, 6) is 0.994. The molecule has 160 valence electrons. The Hall–Kier alpha value is -0.214. The molecule has 0 N–H and O–H groups in total. The average molecular weight is 457 g/mol. The van der Waals surface area contributed by atoms with Gasteiger partial charge in [-0.3, -0.25) is 0 Å². The van der Waals surface area contributed by atoms with Crippen molar-refractivity contribution in [2.24, 2.45) is 0 Å². The second-order valence-electron chi connectivity index (χ2n) is 7.61. The Morgan fingerprint density at radius 3 is 1.90 bits per heavy atom. The molecule has 6 heteroatoms. The summed E-state index contributed by atoms with van der Waals surface area (Å²) in [5, 5.41) is 0. The van der Waals surface area contributed by atoms with Crippen LogP contribution in [0.15, 0.2) is 53.4 Å². The maximum Gasteiger partial charge on any atom is 1.00 e. The van der Waals surface area contributed by atoms with Crippen LogP contribution in [0, 0.1) is 0 Å². The van der Waals surface area contributed by atoms with Crippen LogP contribution in [0.2, 0.25) is 0 Å². The summed E-state index contributed by atoms with van der Waals surface area (Å²) in [5.41, 5.74) is 1.20. The minimum atomic E-state index is -4.48. The molecule has 0 aromatic heterocycles. The number of rotatable bonds is 14. The first-order valence-corrected chi connectivity index (χ1v) is 12.2. The minimum absolute atomic E-state index is 0. The molecule has 0 aliphatic heterocycles. The molecule has 0 fully saturated rings. The Morgan fingerprint density at radius 2 is 1.30 bits per heavy atom. The van der Waals surface area contributed by atoms with Crippen LogP contribution in [0.3, 0.4) is 0 Å². The first kappa shape index (κ1) is 27.8. The van der Waals surface area contributed by atoms with Crippen LogP contribution in [0.5, 0.6) is 11.5 Å². The van der Waals surface area contributed by atoms with Gasteiger partial charge in [-0.15, -0.1) is 0 Å². The Balaban J connectivity index is 0.00000450. The van der Waals surface area contributed by atoms with E-state index >= 15 is 0 Å². The predicted molar refractivity (Wildman–Crippen MR) is 116 cm³/mol. The van der Waals surface area contributed by atoms with Gasteiger partial charge in [-0.25, -0.2) is 8.42 Å². The third-order valence-corrected chi connectivity index (χ3v) is 5.88. The van der Waals surface area contributed by atoms with Crippen molar-refractivity contribution in [2.45, 2.75) is 82.4 Å². The van der Waals surface area contributed by atoms with Gasteiger partial charge < -0.3 is 9.29 Å². The maximum atomic E-state index is 11.2. The van der Waals surface area contributed by atoms with Crippen LogP contribution in [0.4, 0.5) is 0 Å². The molecule has 0 amide bonds. The van der Waals surface area contributed by atoms with Crippen molar-refractivity contribution in [3.05, 3.63) is 54.1 Å². The van der Waals surface area contributed by atoms with E-state index in [-0.39, 0.29) is 56.3 Å². The van der Waals surface area contributed by atoms with Gasteiger partial charge in [0, 0.05) is 0 Å². The third kappa shape index (κ3) is 11.4. The third-order valence-electron chi connectivity index (χ3n) is 5.05. The molecule has 0 unspecified atom stereocenters. The molecule has 0 aliphatic rings. The summed E-state index contributed by atoms with van der Waals surface area (Å²) in [6, 6.07) is 13.5. The van der Waals surface area contributed by atoms with Gasteiger partial charge in [0.25, 0.3) is 0 Å². The summed E-state index contributed by atoms with van der Waals surface area (Å²) >= 11 is 0. The number of hydrogen-bond acceptors (Lipinski definition) is 4. The normalized spacial score (nSPS) is 11.1. The van der Waals surface area contributed by atoms with Gasteiger partial charge in [0.1, 0.15) is 21.6 Å². The average Bonchev–Trinajstić information content (AvgIpc) is 2.69. The van der Waals surface area contributed by atoms with Gasteiger partial charge in [-0.2, -0.15) is 0 Å². The summed E-state index contributed by atoms with van der Waals surface area (Å²) in [7, 11) is -4.48.